The molecule has 0 saturated heterocycles. The van der Waals surface area contributed by atoms with E-state index in [-0.39, 0.29) is 11.4 Å². The van der Waals surface area contributed by atoms with Gasteiger partial charge >= 0.3 is 12.3 Å². The summed E-state index contributed by atoms with van der Waals surface area (Å²) in [6.07, 6.45) is -5.64. The Labute approximate surface area is 217 Å². The van der Waals surface area contributed by atoms with Gasteiger partial charge in [0.05, 0.1) is 15.5 Å². The molecular weight excluding hydrogens is 526 g/mol. The number of hydrogen-bond acceptors (Lipinski definition) is 5. The maximum atomic E-state index is 15.2. The number of nitrogens with one attached hydrogen (secondary N) is 1. The Morgan fingerprint density at radius 2 is 1.81 bits per heavy atom. The van der Waals surface area contributed by atoms with Gasteiger partial charge in [-0.3, -0.25) is 10.3 Å². The number of amides is 1. The fourth-order valence-electron chi connectivity index (χ4n) is 3.50. The third kappa shape index (κ3) is 8.04. The quantitative estimate of drug-likeness (QED) is 0.273. The Morgan fingerprint density at radius 3 is 2.32 bits per heavy atom. The molecule has 0 radical (unpaired) electrons. The molecule has 206 valence electrons. The molecule has 1 aliphatic heterocycles. The van der Waals surface area contributed by atoms with Gasteiger partial charge in [0.2, 0.25) is 0 Å². The highest BCUT2D eigenvalue weighted by Gasteiger charge is 2.50. The Kier molecular flexibility index (Phi) is 8.38. The lowest BCUT2D eigenvalue weighted by Crippen LogP contribution is -2.58. The first-order valence-electron chi connectivity index (χ1n) is 11.7. The van der Waals surface area contributed by atoms with Crippen molar-refractivity contribution < 1.29 is 31.3 Å². The van der Waals surface area contributed by atoms with E-state index in [0.717, 1.165) is 0 Å². The normalized spacial score (nSPS) is 23.9. The summed E-state index contributed by atoms with van der Waals surface area (Å²) in [6, 6.07) is 4.15. The maximum Gasteiger partial charge on any atom is 0.413 e. The van der Waals surface area contributed by atoms with Gasteiger partial charge < -0.3 is 4.74 Å². The average Bonchev–Trinajstić information content (AvgIpc) is 2.67. The lowest BCUT2D eigenvalue weighted by Gasteiger charge is -2.42. The van der Waals surface area contributed by atoms with Crippen LogP contribution >= 0.6 is 0 Å². The van der Waals surface area contributed by atoms with Crippen molar-refractivity contribution in [2.45, 2.75) is 83.2 Å². The molecule has 0 spiro atoms. The predicted octanol–water partition coefficient (Wildman–Crippen LogP) is 6.02. The number of aliphatic imine (C=N–C) groups is 1. The monoisotopic (exact) mass is 561 g/mol. The van der Waals surface area contributed by atoms with Crippen molar-refractivity contribution in [2.75, 3.05) is 12.3 Å². The molecule has 12 heteroatoms. The number of hydrogen-bond donors (Lipinski definition) is 1. The Bertz CT molecular complexity index is 1280. The molecule has 0 bridgehead atoms. The van der Waals surface area contributed by atoms with Crippen LogP contribution in [0.15, 0.2) is 27.6 Å². The molecule has 1 amide bonds. The van der Waals surface area contributed by atoms with E-state index in [1.54, 1.807) is 20.8 Å². The minimum absolute atomic E-state index is 0.0104. The molecule has 0 aromatic heterocycles. The van der Waals surface area contributed by atoms with Gasteiger partial charge in [0, 0.05) is 11.1 Å². The molecule has 0 fully saturated rings. The van der Waals surface area contributed by atoms with Crippen LogP contribution < -0.4 is 5.32 Å². The molecule has 2 rings (SSSR count). The summed E-state index contributed by atoms with van der Waals surface area (Å²) in [4.78, 5) is 17.1. The number of halogens is 4. The third-order valence-electron chi connectivity index (χ3n) is 5.40. The smallest absolute Gasteiger partial charge is 0.413 e. The molecule has 1 heterocycles. The van der Waals surface area contributed by atoms with Gasteiger partial charge in [-0.1, -0.05) is 25.6 Å². The van der Waals surface area contributed by atoms with Crippen molar-refractivity contribution in [3.05, 3.63) is 35.1 Å². The van der Waals surface area contributed by atoms with E-state index >= 15 is 4.39 Å². The Hall–Kier alpha value is -2.39. The fraction of sp³-hybridized carbons (Fsp3) is 0.600. The molecule has 0 saturated carbocycles. The van der Waals surface area contributed by atoms with E-state index in [1.807, 2.05) is 19.6 Å². The summed E-state index contributed by atoms with van der Waals surface area (Å²) in [6.45, 7) is 13.6. The van der Waals surface area contributed by atoms with Crippen LogP contribution in [0.5, 0.6) is 0 Å². The summed E-state index contributed by atoms with van der Waals surface area (Å²) in [5.41, 5.74) is 1.15. The summed E-state index contributed by atoms with van der Waals surface area (Å²) in [7, 11) is -5.51. The number of carbonyl (C=O) groups is 1. The van der Waals surface area contributed by atoms with Crippen molar-refractivity contribution in [3.63, 3.8) is 0 Å². The van der Waals surface area contributed by atoms with E-state index in [0.29, 0.717) is 5.56 Å². The predicted molar refractivity (Wildman–Crippen MR) is 141 cm³/mol. The van der Waals surface area contributed by atoms with Crippen molar-refractivity contribution in [1.82, 2.24) is 5.32 Å². The van der Waals surface area contributed by atoms with Gasteiger partial charge in [0.25, 0.3) is 0 Å². The number of nitrogens with zero attached hydrogens (tertiary/aromatic N) is 2. The van der Waals surface area contributed by atoms with Crippen molar-refractivity contribution in [1.29, 1.82) is 0 Å². The van der Waals surface area contributed by atoms with Gasteiger partial charge in [-0.2, -0.15) is 13.2 Å². The van der Waals surface area contributed by atoms with Crippen molar-refractivity contribution >= 4 is 29.7 Å². The van der Waals surface area contributed by atoms with Crippen LogP contribution in [0.25, 0.3) is 0 Å². The minimum atomic E-state index is -4.71. The van der Waals surface area contributed by atoms with Gasteiger partial charge in [-0.25, -0.2) is 17.8 Å². The van der Waals surface area contributed by atoms with Gasteiger partial charge in [-0.15, -0.1) is 5.54 Å². The molecule has 37 heavy (non-hydrogen) atoms. The highest BCUT2D eigenvalue weighted by Crippen LogP contribution is 2.40. The first kappa shape index (κ1) is 30.8. The van der Waals surface area contributed by atoms with E-state index in [9.17, 15) is 22.2 Å². The molecule has 0 unspecified atom stereocenters. The topological polar surface area (TPSA) is 80.1 Å². The molecule has 0 aliphatic carbocycles. The fourth-order valence-corrected chi connectivity index (χ4v) is 6.53. The second-order valence-corrected chi connectivity index (χ2v) is 19.4. The number of amidine groups is 1. The summed E-state index contributed by atoms with van der Waals surface area (Å²) in [5, 5.41) is 2.45. The van der Waals surface area contributed by atoms with Crippen LogP contribution in [0.3, 0.4) is 0 Å². The zero-order chi connectivity index (χ0) is 28.7. The highest BCUT2D eigenvalue weighted by atomic mass is 32.2. The van der Waals surface area contributed by atoms with E-state index < -0.39 is 64.1 Å². The van der Waals surface area contributed by atoms with Crippen LogP contribution in [-0.4, -0.2) is 53.0 Å². The molecule has 1 aliphatic rings. The highest BCUT2D eigenvalue weighted by molar-refractivity contribution is 7.95. The van der Waals surface area contributed by atoms with Gasteiger partial charge in [0.15, 0.2) is 0 Å². The zero-order valence-corrected chi connectivity index (χ0v) is 24.5. The number of benzene rings is 1. The molecule has 6 nitrogen and oxygen atoms in total. The van der Waals surface area contributed by atoms with Crippen LogP contribution in [0.4, 0.5) is 22.4 Å². The van der Waals surface area contributed by atoms with Crippen LogP contribution in [0.1, 0.15) is 52.7 Å². The minimum Gasteiger partial charge on any atom is -0.444 e. The Morgan fingerprint density at radius 1 is 1.22 bits per heavy atom. The summed E-state index contributed by atoms with van der Waals surface area (Å²) < 4.78 is 76.0. The molecule has 2 atom stereocenters. The summed E-state index contributed by atoms with van der Waals surface area (Å²) >= 11 is 0. The van der Waals surface area contributed by atoms with Crippen molar-refractivity contribution in [2.24, 2.45) is 9.36 Å². The zero-order valence-electron chi connectivity index (χ0n) is 22.7. The van der Waals surface area contributed by atoms with Crippen LogP contribution in [0.2, 0.25) is 19.6 Å². The number of ether oxygens (including phenoxy) is 1. The average molecular weight is 562 g/mol. The second kappa shape index (κ2) is 10.1. The van der Waals surface area contributed by atoms with Gasteiger partial charge in [-0.05, 0) is 59.7 Å². The Balaban J connectivity index is 2.76. The number of carbonyl (C=O) groups excluding carboxylic acids is 1. The second-order valence-electron chi connectivity index (χ2n) is 11.8. The third-order valence-corrected chi connectivity index (χ3v) is 9.57. The van der Waals surface area contributed by atoms with E-state index in [1.165, 1.54) is 39.0 Å². The van der Waals surface area contributed by atoms with Crippen LogP contribution in [0, 0.1) is 17.3 Å². The number of alkyl halides is 3. The maximum absolute atomic E-state index is 15.2. The standard InChI is InChI=1S/C25H35F4N3O3SSi/c1-22(2,3)35-21(33)31-20-23(4,5)36(34,30-15-25(27,28)29)16-24(6,32-20)18-14-17(10-11-19(18)26)12-13-37(7,8)9/h10-11,14H,15-16H2,1-9H3,(H,31,32,33)/t24-,36+/m0/s1. The van der Waals surface area contributed by atoms with E-state index in [4.69, 9.17) is 4.74 Å². The SMILES string of the molecule is CC(C)(C)OC(=O)NC1=N[C@](C)(c2cc(C#C[Si](C)(C)C)ccc2F)C[S@](=O)(=NCC(F)(F)F)C1(C)C. The molecule has 1 aromatic carbocycles. The molecule has 1 aromatic rings. The lowest BCUT2D eigenvalue weighted by atomic mass is 9.92. The molecule has 1 N–H and O–H groups in total. The lowest BCUT2D eigenvalue weighted by molar-refractivity contribution is -0.117. The van der Waals surface area contributed by atoms with Gasteiger partial charge in [0.1, 0.15) is 42.2 Å². The van der Waals surface area contributed by atoms with E-state index in [2.05, 4.69) is 26.1 Å². The first-order valence-corrected chi connectivity index (χ1v) is 16.9. The largest absolute Gasteiger partial charge is 0.444 e. The molecular formula is C25H35F4N3O3SSi. The number of rotatable bonds is 2. The van der Waals surface area contributed by atoms with Crippen LogP contribution in [-0.2, 0) is 20.0 Å². The summed E-state index contributed by atoms with van der Waals surface area (Å²) in [5.74, 6) is 1.63. The van der Waals surface area contributed by atoms with Crippen molar-refractivity contribution in [3.8, 4) is 11.5 Å². The number of alkyl carbamates (subject to hydrolysis) is 1. The first-order chi connectivity index (χ1) is 16.5.